The van der Waals surface area contributed by atoms with Crippen LogP contribution in [-0.4, -0.2) is 24.5 Å². The van der Waals surface area contributed by atoms with Gasteiger partial charge in [0.2, 0.25) is 0 Å². The summed E-state index contributed by atoms with van der Waals surface area (Å²) in [4.78, 5) is 24.2. The second kappa shape index (κ2) is 4.89. The molecule has 20 heavy (non-hydrogen) atoms. The van der Waals surface area contributed by atoms with Gasteiger partial charge in [-0.05, 0) is 37.8 Å². The molecule has 1 saturated heterocycles. The van der Waals surface area contributed by atoms with Gasteiger partial charge in [0.05, 0.1) is 12.2 Å². The van der Waals surface area contributed by atoms with Gasteiger partial charge in [0, 0.05) is 5.92 Å². The van der Waals surface area contributed by atoms with Crippen LogP contribution >= 0.6 is 0 Å². The molecule has 1 amide bonds. The predicted molar refractivity (Wildman–Crippen MR) is 71.0 cm³/mol. The van der Waals surface area contributed by atoms with Crippen LogP contribution in [0.25, 0.3) is 0 Å². The average Bonchev–Trinajstić information content (AvgIpc) is 2.77. The maximum absolute atomic E-state index is 13.8. The van der Waals surface area contributed by atoms with Gasteiger partial charge in [0.25, 0.3) is 0 Å². The normalized spacial score (nSPS) is 29.6. The van der Waals surface area contributed by atoms with Crippen LogP contribution in [0.4, 0.5) is 14.9 Å². The maximum atomic E-state index is 13.8. The van der Waals surface area contributed by atoms with E-state index < -0.39 is 17.5 Å². The van der Waals surface area contributed by atoms with E-state index in [1.54, 1.807) is 18.2 Å². The molecule has 0 bridgehead atoms. The summed E-state index contributed by atoms with van der Waals surface area (Å²) in [6.07, 6.45) is 3.24. The molecular weight excluding hydrogens is 261 g/mol. The van der Waals surface area contributed by atoms with Gasteiger partial charge < -0.3 is 9.53 Å². The zero-order valence-corrected chi connectivity index (χ0v) is 11.0. The fraction of sp³-hybridized carbons (Fsp3) is 0.467. The highest BCUT2D eigenvalue weighted by atomic mass is 19.1. The standard InChI is InChI=1S/C15H16FNO3/c16-12-3-1-2-4-13(12)17-10-15(20-14(17)19)7-5-11(9-18)6-8-15/h1-4,9,11H,5-8,10H2/t11-,15-. The Balaban J connectivity index is 1.79. The first-order valence-corrected chi connectivity index (χ1v) is 6.84. The summed E-state index contributed by atoms with van der Waals surface area (Å²) in [6, 6.07) is 6.19. The molecule has 0 aromatic heterocycles. The van der Waals surface area contributed by atoms with E-state index in [0.717, 1.165) is 19.1 Å². The number of hydrogen-bond acceptors (Lipinski definition) is 3. The molecule has 2 aliphatic rings. The number of rotatable bonds is 2. The van der Waals surface area contributed by atoms with E-state index in [0.29, 0.717) is 19.4 Å². The van der Waals surface area contributed by atoms with Crippen molar-refractivity contribution in [2.75, 3.05) is 11.4 Å². The molecule has 1 spiro atoms. The number of nitrogens with zero attached hydrogens (tertiary/aromatic N) is 1. The fourth-order valence-corrected chi connectivity index (χ4v) is 3.04. The van der Waals surface area contributed by atoms with E-state index in [9.17, 15) is 14.0 Å². The number of benzene rings is 1. The van der Waals surface area contributed by atoms with Crippen molar-refractivity contribution in [1.29, 1.82) is 0 Å². The number of hydrogen-bond donors (Lipinski definition) is 0. The first-order valence-electron chi connectivity index (χ1n) is 6.84. The monoisotopic (exact) mass is 277 g/mol. The van der Waals surface area contributed by atoms with Crippen LogP contribution in [0.1, 0.15) is 25.7 Å². The average molecular weight is 277 g/mol. The number of ether oxygens (including phenoxy) is 1. The molecule has 0 radical (unpaired) electrons. The van der Waals surface area contributed by atoms with Gasteiger partial charge in [-0.3, -0.25) is 4.90 Å². The van der Waals surface area contributed by atoms with E-state index in [1.807, 2.05) is 0 Å². The second-order valence-corrected chi connectivity index (χ2v) is 5.56. The molecule has 5 heteroatoms. The van der Waals surface area contributed by atoms with Crippen molar-refractivity contribution in [1.82, 2.24) is 0 Å². The van der Waals surface area contributed by atoms with Crippen LogP contribution in [0.2, 0.25) is 0 Å². The summed E-state index contributed by atoms with van der Waals surface area (Å²) in [5, 5.41) is 0. The zero-order chi connectivity index (χ0) is 14.2. The predicted octanol–water partition coefficient (Wildman–Crippen LogP) is 2.91. The van der Waals surface area contributed by atoms with Crippen LogP contribution in [0, 0.1) is 11.7 Å². The smallest absolute Gasteiger partial charge is 0.415 e. The Morgan fingerprint density at radius 2 is 2.00 bits per heavy atom. The lowest BCUT2D eigenvalue weighted by atomic mass is 9.79. The number of para-hydroxylation sites is 1. The summed E-state index contributed by atoms with van der Waals surface area (Å²) in [5.74, 6) is -0.370. The molecule has 1 saturated carbocycles. The first kappa shape index (κ1) is 13.1. The molecule has 106 valence electrons. The van der Waals surface area contributed by atoms with Crippen LogP contribution in [-0.2, 0) is 9.53 Å². The molecule has 1 aromatic carbocycles. The highest BCUT2D eigenvalue weighted by Gasteiger charge is 2.48. The molecule has 0 atom stereocenters. The summed E-state index contributed by atoms with van der Waals surface area (Å²) >= 11 is 0. The fourth-order valence-electron chi connectivity index (χ4n) is 3.04. The molecule has 1 aliphatic heterocycles. The van der Waals surface area contributed by atoms with Crippen molar-refractivity contribution in [3.05, 3.63) is 30.1 Å². The molecule has 4 nitrogen and oxygen atoms in total. The minimum atomic E-state index is -0.557. The summed E-state index contributed by atoms with van der Waals surface area (Å²) < 4.78 is 19.3. The lowest BCUT2D eigenvalue weighted by molar-refractivity contribution is -0.113. The number of aldehydes is 1. The number of halogens is 1. The van der Waals surface area contributed by atoms with E-state index in [2.05, 4.69) is 0 Å². The van der Waals surface area contributed by atoms with E-state index in [1.165, 1.54) is 11.0 Å². The highest BCUT2D eigenvalue weighted by Crippen LogP contribution is 2.40. The van der Waals surface area contributed by atoms with Crippen molar-refractivity contribution in [2.24, 2.45) is 5.92 Å². The van der Waals surface area contributed by atoms with Gasteiger partial charge in [-0.1, -0.05) is 12.1 Å². The third-order valence-electron chi connectivity index (χ3n) is 4.25. The second-order valence-electron chi connectivity index (χ2n) is 5.56. The van der Waals surface area contributed by atoms with Crippen LogP contribution < -0.4 is 4.90 Å². The van der Waals surface area contributed by atoms with Crippen molar-refractivity contribution in [3.8, 4) is 0 Å². The van der Waals surface area contributed by atoms with Gasteiger partial charge >= 0.3 is 6.09 Å². The molecule has 2 fully saturated rings. The minimum absolute atomic E-state index is 0.0573. The Hall–Kier alpha value is -1.91. The Morgan fingerprint density at radius 3 is 2.65 bits per heavy atom. The summed E-state index contributed by atoms with van der Waals surface area (Å²) in [5.41, 5.74) is -0.300. The molecular formula is C15H16FNO3. The largest absolute Gasteiger partial charge is 0.441 e. The SMILES string of the molecule is O=C[C@H]1CC[C@]2(CC1)CN(c1ccccc1F)C(=O)O2. The third kappa shape index (κ3) is 2.17. The maximum Gasteiger partial charge on any atom is 0.415 e. The van der Waals surface area contributed by atoms with Gasteiger partial charge in [-0.15, -0.1) is 0 Å². The van der Waals surface area contributed by atoms with E-state index in [4.69, 9.17) is 4.74 Å². The van der Waals surface area contributed by atoms with E-state index in [-0.39, 0.29) is 11.6 Å². The molecule has 0 N–H and O–H groups in total. The van der Waals surface area contributed by atoms with Gasteiger partial charge in [0.15, 0.2) is 0 Å². The minimum Gasteiger partial charge on any atom is -0.441 e. The number of carbonyl (C=O) groups is 2. The Kier molecular flexibility index (Phi) is 3.20. The Labute approximate surface area is 116 Å². The van der Waals surface area contributed by atoms with Crippen molar-refractivity contribution < 1.29 is 18.7 Å². The van der Waals surface area contributed by atoms with Gasteiger partial charge in [-0.25, -0.2) is 9.18 Å². The molecule has 1 heterocycles. The summed E-state index contributed by atoms with van der Waals surface area (Å²) in [7, 11) is 0. The zero-order valence-electron chi connectivity index (χ0n) is 11.0. The molecule has 1 aliphatic carbocycles. The third-order valence-corrected chi connectivity index (χ3v) is 4.25. The van der Waals surface area contributed by atoms with Crippen molar-refractivity contribution in [2.45, 2.75) is 31.3 Å². The first-order chi connectivity index (χ1) is 9.63. The molecule has 1 aromatic rings. The molecule has 0 unspecified atom stereocenters. The lowest BCUT2D eigenvalue weighted by Gasteiger charge is -2.33. The Bertz CT molecular complexity index is 538. The van der Waals surface area contributed by atoms with Crippen molar-refractivity contribution in [3.63, 3.8) is 0 Å². The topological polar surface area (TPSA) is 46.6 Å². The number of anilines is 1. The quantitative estimate of drug-likeness (QED) is 0.781. The number of amides is 1. The number of carbonyl (C=O) groups excluding carboxylic acids is 2. The van der Waals surface area contributed by atoms with Gasteiger partial charge in [-0.2, -0.15) is 0 Å². The van der Waals surface area contributed by atoms with Crippen LogP contribution in [0.5, 0.6) is 0 Å². The van der Waals surface area contributed by atoms with Crippen LogP contribution in [0.15, 0.2) is 24.3 Å². The van der Waals surface area contributed by atoms with Gasteiger partial charge in [0.1, 0.15) is 17.7 Å². The van der Waals surface area contributed by atoms with Crippen LogP contribution in [0.3, 0.4) is 0 Å². The Morgan fingerprint density at radius 1 is 1.30 bits per heavy atom. The highest BCUT2D eigenvalue weighted by molar-refractivity contribution is 5.90. The van der Waals surface area contributed by atoms with E-state index >= 15 is 0 Å². The lowest BCUT2D eigenvalue weighted by Crippen LogP contribution is -2.39. The summed E-state index contributed by atoms with van der Waals surface area (Å²) in [6.45, 7) is 0.359. The van der Waals surface area contributed by atoms with Crippen molar-refractivity contribution >= 4 is 18.1 Å². The molecule has 3 rings (SSSR count).